The molecule has 0 aliphatic heterocycles. The van der Waals surface area contributed by atoms with Crippen LogP contribution in [0.5, 0.6) is 17.2 Å². The van der Waals surface area contributed by atoms with Gasteiger partial charge in [0.15, 0.2) is 18.1 Å². The summed E-state index contributed by atoms with van der Waals surface area (Å²) in [4.78, 5) is 23.2. The molecule has 6 heteroatoms. The number of carbonyl (C=O) groups excluding carboxylic acids is 2. The van der Waals surface area contributed by atoms with Crippen molar-refractivity contribution in [3.63, 3.8) is 0 Å². The van der Waals surface area contributed by atoms with Crippen LogP contribution in [0.4, 0.5) is 5.69 Å². The maximum Gasteiger partial charge on any atom is 0.262 e. The molecule has 0 spiro atoms. The standard InChI is InChI=1S/C19H21NO5/c1-12-5-6-13(2)15(7-12)20-18(22)11-25-19-16(23-3)8-14(10-21)9-17(19)24-4/h5-10H,11H2,1-4H3,(H,20,22). The lowest BCUT2D eigenvalue weighted by molar-refractivity contribution is -0.118. The van der Waals surface area contributed by atoms with Crippen molar-refractivity contribution in [3.8, 4) is 17.2 Å². The summed E-state index contributed by atoms with van der Waals surface area (Å²) in [6, 6.07) is 8.86. The number of hydrogen-bond donors (Lipinski definition) is 1. The molecule has 0 heterocycles. The Bertz CT molecular complexity index is 760. The van der Waals surface area contributed by atoms with Crippen molar-refractivity contribution < 1.29 is 23.8 Å². The first-order valence-corrected chi connectivity index (χ1v) is 7.69. The van der Waals surface area contributed by atoms with E-state index in [1.54, 1.807) is 0 Å². The number of hydrogen-bond acceptors (Lipinski definition) is 5. The average Bonchev–Trinajstić information content (AvgIpc) is 2.62. The lowest BCUT2D eigenvalue weighted by atomic mass is 10.1. The van der Waals surface area contributed by atoms with Crippen LogP contribution in [0.15, 0.2) is 30.3 Å². The first-order valence-electron chi connectivity index (χ1n) is 7.69. The number of nitrogens with one attached hydrogen (secondary N) is 1. The minimum absolute atomic E-state index is 0.222. The second kappa shape index (κ2) is 8.19. The summed E-state index contributed by atoms with van der Waals surface area (Å²) in [5, 5.41) is 2.82. The Kier molecular flexibility index (Phi) is 6.00. The molecule has 0 bridgehead atoms. The van der Waals surface area contributed by atoms with E-state index >= 15 is 0 Å². The van der Waals surface area contributed by atoms with Crippen LogP contribution in [0.1, 0.15) is 21.5 Å². The second-order valence-corrected chi connectivity index (χ2v) is 5.53. The number of carbonyl (C=O) groups is 2. The van der Waals surface area contributed by atoms with Crippen LogP contribution in [0.25, 0.3) is 0 Å². The number of aryl methyl sites for hydroxylation is 2. The Morgan fingerprint density at radius 2 is 1.72 bits per heavy atom. The van der Waals surface area contributed by atoms with Crippen molar-refractivity contribution >= 4 is 17.9 Å². The van der Waals surface area contributed by atoms with E-state index in [1.165, 1.54) is 26.4 Å². The Morgan fingerprint density at radius 3 is 2.28 bits per heavy atom. The molecule has 0 aliphatic carbocycles. The summed E-state index contributed by atoms with van der Waals surface area (Å²) >= 11 is 0. The zero-order valence-corrected chi connectivity index (χ0v) is 14.7. The minimum atomic E-state index is -0.308. The monoisotopic (exact) mass is 343 g/mol. The fraction of sp³-hybridized carbons (Fsp3) is 0.263. The molecule has 2 aromatic rings. The van der Waals surface area contributed by atoms with Gasteiger partial charge < -0.3 is 19.5 Å². The summed E-state index contributed by atoms with van der Waals surface area (Å²) in [5.41, 5.74) is 3.14. The zero-order valence-electron chi connectivity index (χ0n) is 14.7. The minimum Gasteiger partial charge on any atom is -0.493 e. The maximum atomic E-state index is 12.2. The van der Waals surface area contributed by atoms with E-state index in [1.807, 2.05) is 32.0 Å². The quantitative estimate of drug-likeness (QED) is 0.782. The van der Waals surface area contributed by atoms with Crippen LogP contribution in [0, 0.1) is 13.8 Å². The number of ether oxygens (including phenoxy) is 3. The second-order valence-electron chi connectivity index (χ2n) is 5.53. The van der Waals surface area contributed by atoms with Gasteiger partial charge in [-0.1, -0.05) is 12.1 Å². The molecule has 6 nitrogen and oxygen atoms in total. The van der Waals surface area contributed by atoms with Crippen LogP contribution in [0.2, 0.25) is 0 Å². The Hall–Kier alpha value is -3.02. The third kappa shape index (κ3) is 4.50. The van der Waals surface area contributed by atoms with E-state index < -0.39 is 0 Å². The Balaban J connectivity index is 2.13. The summed E-state index contributed by atoms with van der Waals surface area (Å²) in [6.07, 6.45) is 0.683. The third-order valence-corrected chi connectivity index (χ3v) is 3.63. The van der Waals surface area contributed by atoms with Crippen molar-refractivity contribution in [2.24, 2.45) is 0 Å². The predicted octanol–water partition coefficient (Wildman–Crippen LogP) is 3.15. The lowest BCUT2D eigenvalue weighted by Gasteiger charge is -2.15. The van der Waals surface area contributed by atoms with E-state index in [9.17, 15) is 9.59 Å². The highest BCUT2D eigenvalue weighted by Crippen LogP contribution is 2.38. The number of benzene rings is 2. The SMILES string of the molecule is COc1cc(C=O)cc(OC)c1OCC(=O)Nc1cc(C)ccc1C. The third-order valence-electron chi connectivity index (χ3n) is 3.63. The molecule has 0 aromatic heterocycles. The molecule has 1 N–H and O–H groups in total. The summed E-state index contributed by atoms with van der Waals surface area (Å²) in [6.45, 7) is 3.65. The molecular formula is C19H21NO5. The van der Waals surface area contributed by atoms with Crippen LogP contribution in [0.3, 0.4) is 0 Å². The molecule has 0 saturated carbocycles. The molecule has 0 atom stereocenters. The lowest BCUT2D eigenvalue weighted by Crippen LogP contribution is -2.21. The van der Waals surface area contributed by atoms with Gasteiger partial charge in [0, 0.05) is 11.3 Å². The van der Waals surface area contributed by atoms with Crippen LogP contribution in [-0.2, 0) is 4.79 Å². The highest BCUT2D eigenvalue weighted by Gasteiger charge is 2.16. The summed E-state index contributed by atoms with van der Waals surface area (Å²) in [7, 11) is 2.90. The van der Waals surface area contributed by atoms with Crippen molar-refractivity contribution in [1.82, 2.24) is 0 Å². The van der Waals surface area contributed by atoms with Gasteiger partial charge in [-0.15, -0.1) is 0 Å². The van der Waals surface area contributed by atoms with Gasteiger partial charge >= 0.3 is 0 Å². The highest BCUT2D eigenvalue weighted by atomic mass is 16.5. The number of anilines is 1. The summed E-state index contributed by atoms with van der Waals surface area (Å²) in [5.74, 6) is 0.603. The molecule has 0 unspecified atom stereocenters. The van der Waals surface area contributed by atoms with Gasteiger partial charge in [-0.05, 0) is 43.2 Å². The number of rotatable bonds is 7. The normalized spacial score (nSPS) is 10.1. The van der Waals surface area contributed by atoms with Gasteiger partial charge in [-0.25, -0.2) is 0 Å². The molecule has 2 rings (SSSR count). The summed E-state index contributed by atoms with van der Waals surface area (Å²) < 4.78 is 16.0. The fourth-order valence-corrected chi connectivity index (χ4v) is 2.30. The van der Waals surface area contributed by atoms with Crippen molar-refractivity contribution in [3.05, 3.63) is 47.0 Å². The first-order chi connectivity index (χ1) is 12.0. The molecule has 0 radical (unpaired) electrons. The fourth-order valence-electron chi connectivity index (χ4n) is 2.30. The van der Waals surface area contributed by atoms with Gasteiger partial charge in [-0.2, -0.15) is 0 Å². The van der Waals surface area contributed by atoms with Crippen molar-refractivity contribution in [2.45, 2.75) is 13.8 Å². The molecule has 25 heavy (non-hydrogen) atoms. The van der Waals surface area contributed by atoms with Crippen molar-refractivity contribution in [1.29, 1.82) is 0 Å². The van der Waals surface area contributed by atoms with E-state index in [4.69, 9.17) is 14.2 Å². The zero-order chi connectivity index (χ0) is 18.4. The number of methoxy groups -OCH3 is 2. The van der Waals surface area contributed by atoms with Gasteiger partial charge in [-0.3, -0.25) is 9.59 Å². The topological polar surface area (TPSA) is 73.9 Å². The van der Waals surface area contributed by atoms with Crippen LogP contribution >= 0.6 is 0 Å². The largest absolute Gasteiger partial charge is 0.493 e. The van der Waals surface area contributed by atoms with Gasteiger partial charge in [0.2, 0.25) is 5.75 Å². The molecule has 1 amide bonds. The number of amides is 1. The molecule has 2 aromatic carbocycles. The first kappa shape index (κ1) is 18.3. The number of aldehydes is 1. The predicted molar refractivity (Wildman–Crippen MR) is 95.0 cm³/mol. The van der Waals surface area contributed by atoms with E-state index in [2.05, 4.69) is 5.32 Å². The Labute approximate surface area is 146 Å². The van der Waals surface area contributed by atoms with Gasteiger partial charge in [0.25, 0.3) is 5.91 Å². The molecule has 0 aliphatic rings. The van der Waals surface area contributed by atoms with E-state index in [0.717, 1.165) is 16.8 Å². The van der Waals surface area contributed by atoms with Crippen molar-refractivity contribution in [2.75, 3.05) is 26.1 Å². The van der Waals surface area contributed by atoms with Crippen LogP contribution in [-0.4, -0.2) is 33.0 Å². The average molecular weight is 343 g/mol. The molecule has 0 saturated heterocycles. The Morgan fingerprint density at radius 1 is 1.08 bits per heavy atom. The van der Waals surface area contributed by atoms with Gasteiger partial charge in [0.05, 0.1) is 14.2 Å². The smallest absolute Gasteiger partial charge is 0.262 e. The molecular weight excluding hydrogens is 322 g/mol. The van der Waals surface area contributed by atoms with Gasteiger partial charge in [0.1, 0.15) is 6.29 Å². The van der Waals surface area contributed by atoms with E-state index in [0.29, 0.717) is 23.3 Å². The molecule has 132 valence electrons. The van der Waals surface area contributed by atoms with E-state index in [-0.39, 0.29) is 18.3 Å². The van der Waals surface area contributed by atoms with Crippen LogP contribution < -0.4 is 19.5 Å². The highest BCUT2D eigenvalue weighted by molar-refractivity contribution is 5.92. The maximum absolute atomic E-state index is 12.2. The molecule has 0 fully saturated rings.